The standard InChI is InChI=1S/C16H31N3O3/c1-5-17-15(18-12-16(2,3)20-4)19-8-10-22-14(11-19)13-7-6-9-21-13/h13-14H,5-12H2,1-4H3,(H,17,18). The topological polar surface area (TPSA) is 55.3 Å². The molecule has 2 heterocycles. The van der Waals surface area contributed by atoms with Gasteiger partial charge in [0.1, 0.15) is 6.10 Å². The van der Waals surface area contributed by atoms with Gasteiger partial charge in [0.15, 0.2) is 5.96 Å². The van der Waals surface area contributed by atoms with Crippen LogP contribution in [0, 0.1) is 0 Å². The molecule has 2 unspecified atom stereocenters. The fourth-order valence-corrected chi connectivity index (χ4v) is 2.74. The first-order valence-electron chi connectivity index (χ1n) is 8.37. The van der Waals surface area contributed by atoms with Crippen molar-refractivity contribution in [3.8, 4) is 0 Å². The van der Waals surface area contributed by atoms with Crippen LogP contribution < -0.4 is 5.32 Å². The van der Waals surface area contributed by atoms with E-state index in [-0.39, 0.29) is 17.8 Å². The van der Waals surface area contributed by atoms with E-state index in [9.17, 15) is 0 Å². The Morgan fingerprint density at radius 2 is 2.09 bits per heavy atom. The van der Waals surface area contributed by atoms with Crippen LogP contribution in [0.15, 0.2) is 4.99 Å². The third-order valence-corrected chi connectivity index (χ3v) is 4.27. The Balaban J connectivity index is 1.98. The maximum absolute atomic E-state index is 5.91. The Morgan fingerprint density at radius 3 is 2.73 bits per heavy atom. The van der Waals surface area contributed by atoms with Crippen molar-refractivity contribution in [2.75, 3.05) is 46.5 Å². The molecule has 0 saturated carbocycles. The molecular formula is C16H31N3O3. The van der Waals surface area contributed by atoms with Gasteiger partial charge in [0.2, 0.25) is 0 Å². The lowest BCUT2D eigenvalue weighted by atomic mass is 10.1. The molecular weight excluding hydrogens is 282 g/mol. The summed E-state index contributed by atoms with van der Waals surface area (Å²) in [5.41, 5.74) is -0.249. The average Bonchev–Trinajstić information content (AvgIpc) is 3.06. The molecule has 0 spiro atoms. The summed E-state index contributed by atoms with van der Waals surface area (Å²) in [5, 5.41) is 3.38. The van der Waals surface area contributed by atoms with Gasteiger partial charge < -0.3 is 24.4 Å². The second kappa shape index (κ2) is 8.13. The van der Waals surface area contributed by atoms with Crippen molar-refractivity contribution < 1.29 is 14.2 Å². The maximum Gasteiger partial charge on any atom is 0.194 e. The van der Waals surface area contributed by atoms with Gasteiger partial charge in [-0.3, -0.25) is 4.99 Å². The Kier molecular flexibility index (Phi) is 6.47. The number of hydrogen-bond donors (Lipinski definition) is 1. The normalized spacial score (nSPS) is 27.3. The average molecular weight is 313 g/mol. The second-order valence-corrected chi connectivity index (χ2v) is 6.54. The van der Waals surface area contributed by atoms with Gasteiger partial charge >= 0.3 is 0 Å². The van der Waals surface area contributed by atoms with E-state index in [0.717, 1.165) is 51.6 Å². The van der Waals surface area contributed by atoms with Crippen LogP contribution in [0.25, 0.3) is 0 Å². The molecule has 2 saturated heterocycles. The molecule has 0 amide bonds. The largest absolute Gasteiger partial charge is 0.377 e. The quantitative estimate of drug-likeness (QED) is 0.612. The first-order valence-corrected chi connectivity index (χ1v) is 8.37. The van der Waals surface area contributed by atoms with E-state index in [4.69, 9.17) is 19.2 Å². The van der Waals surface area contributed by atoms with Gasteiger partial charge in [0, 0.05) is 33.4 Å². The molecule has 6 heteroatoms. The highest BCUT2D eigenvalue weighted by molar-refractivity contribution is 5.80. The highest BCUT2D eigenvalue weighted by Gasteiger charge is 2.32. The molecule has 2 rings (SSSR count). The van der Waals surface area contributed by atoms with Crippen LogP contribution in [-0.2, 0) is 14.2 Å². The summed E-state index contributed by atoms with van der Waals surface area (Å²) in [5.74, 6) is 0.943. The third kappa shape index (κ3) is 4.83. The summed E-state index contributed by atoms with van der Waals surface area (Å²) in [6, 6.07) is 0. The van der Waals surface area contributed by atoms with Crippen molar-refractivity contribution in [2.45, 2.75) is 51.4 Å². The van der Waals surface area contributed by atoms with E-state index in [2.05, 4.69) is 31.0 Å². The smallest absolute Gasteiger partial charge is 0.194 e. The summed E-state index contributed by atoms with van der Waals surface area (Å²) in [7, 11) is 1.73. The van der Waals surface area contributed by atoms with Crippen molar-refractivity contribution in [1.82, 2.24) is 10.2 Å². The van der Waals surface area contributed by atoms with Gasteiger partial charge in [0.05, 0.1) is 24.9 Å². The second-order valence-electron chi connectivity index (χ2n) is 6.54. The molecule has 0 aliphatic carbocycles. The number of rotatable bonds is 5. The van der Waals surface area contributed by atoms with Crippen molar-refractivity contribution in [3.63, 3.8) is 0 Å². The fraction of sp³-hybridized carbons (Fsp3) is 0.938. The van der Waals surface area contributed by atoms with Gasteiger partial charge in [-0.1, -0.05) is 0 Å². The Labute approximate surface area is 134 Å². The molecule has 2 aliphatic heterocycles. The minimum atomic E-state index is -0.249. The van der Waals surface area contributed by atoms with Gasteiger partial charge in [-0.2, -0.15) is 0 Å². The van der Waals surface area contributed by atoms with Crippen LogP contribution in [-0.4, -0.2) is 75.2 Å². The summed E-state index contributed by atoms with van der Waals surface area (Å²) < 4.78 is 17.2. The minimum Gasteiger partial charge on any atom is -0.377 e. The van der Waals surface area contributed by atoms with E-state index < -0.39 is 0 Å². The number of ether oxygens (including phenoxy) is 3. The zero-order valence-corrected chi connectivity index (χ0v) is 14.4. The number of morpholine rings is 1. The highest BCUT2D eigenvalue weighted by Crippen LogP contribution is 2.21. The molecule has 22 heavy (non-hydrogen) atoms. The van der Waals surface area contributed by atoms with Gasteiger partial charge in [-0.15, -0.1) is 0 Å². The summed E-state index contributed by atoms with van der Waals surface area (Å²) in [6.45, 7) is 11.0. The molecule has 0 radical (unpaired) electrons. The predicted molar refractivity (Wildman–Crippen MR) is 87.4 cm³/mol. The van der Waals surface area contributed by atoms with Crippen LogP contribution in [0.2, 0.25) is 0 Å². The van der Waals surface area contributed by atoms with Gasteiger partial charge in [-0.25, -0.2) is 0 Å². The Hall–Kier alpha value is -0.850. The lowest BCUT2D eigenvalue weighted by Gasteiger charge is -2.37. The van der Waals surface area contributed by atoms with Crippen molar-refractivity contribution in [3.05, 3.63) is 0 Å². The summed E-state index contributed by atoms with van der Waals surface area (Å²) in [6.07, 6.45) is 2.63. The van der Waals surface area contributed by atoms with E-state index in [0.29, 0.717) is 6.54 Å². The van der Waals surface area contributed by atoms with E-state index in [1.54, 1.807) is 7.11 Å². The third-order valence-electron chi connectivity index (χ3n) is 4.27. The molecule has 2 aliphatic rings. The first kappa shape index (κ1) is 17.5. The van der Waals surface area contributed by atoms with Crippen LogP contribution in [0.3, 0.4) is 0 Å². The molecule has 0 aromatic rings. The minimum absolute atomic E-state index is 0.149. The number of aliphatic imine (C=N–C) groups is 1. The van der Waals surface area contributed by atoms with Crippen LogP contribution in [0.5, 0.6) is 0 Å². The van der Waals surface area contributed by atoms with Crippen molar-refractivity contribution >= 4 is 5.96 Å². The number of methoxy groups -OCH3 is 1. The molecule has 6 nitrogen and oxygen atoms in total. The predicted octanol–water partition coefficient (Wildman–Crippen LogP) is 1.26. The van der Waals surface area contributed by atoms with Crippen LogP contribution >= 0.6 is 0 Å². The van der Waals surface area contributed by atoms with Crippen LogP contribution in [0.4, 0.5) is 0 Å². The summed E-state index contributed by atoms with van der Waals surface area (Å²) >= 11 is 0. The van der Waals surface area contributed by atoms with E-state index in [1.807, 2.05) is 0 Å². The molecule has 128 valence electrons. The number of nitrogens with zero attached hydrogens (tertiary/aromatic N) is 2. The Bertz CT molecular complexity index is 368. The maximum atomic E-state index is 5.91. The SMILES string of the molecule is CCNC(=NCC(C)(C)OC)N1CCOC(C2CCCO2)C1. The molecule has 0 aromatic carbocycles. The molecule has 2 fully saturated rings. The van der Waals surface area contributed by atoms with Crippen LogP contribution in [0.1, 0.15) is 33.6 Å². The molecule has 1 N–H and O–H groups in total. The lowest BCUT2D eigenvalue weighted by molar-refractivity contribution is -0.0817. The van der Waals surface area contributed by atoms with E-state index >= 15 is 0 Å². The number of nitrogens with one attached hydrogen (secondary N) is 1. The lowest BCUT2D eigenvalue weighted by Crippen LogP contribution is -2.53. The Morgan fingerprint density at radius 1 is 1.32 bits per heavy atom. The molecule has 0 bridgehead atoms. The van der Waals surface area contributed by atoms with Gasteiger partial charge in [0.25, 0.3) is 0 Å². The zero-order chi connectivity index (χ0) is 16.0. The summed E-state index contributed by atoms with van der Waals surface area (Å²) in [4.78, 5) is 7.03. The monoisotopic (exact) mass is 313 g/mol. The zero-order valence-electron chi connectivity index (χ0n) is 14.4. The first-order chi connectivity index (χ1) is 10.6. The van der Waals surface area contributed by atoms with Crippen molar-refractivity contribution in [2.24, 2.45) is 4.99 Å². The highest BCUT2D eigenvalue weighted by atomic mass is 16.5. The fourth-order valence-electron chi connectivity index (χ4n) is 2.74. The number of hydrogen-bond acceptors (Lipinski definition) is 4. The number of guanidine groups is 1. The van der Waals surface area contributed by atoms with Gasteiger partial charge in [-0.05, 0) is 33.6 Å². The molecule has 0 aromatic heterocycles. The van der Waals surface area contributed by atoms with Crippen molar-refractivity contribution in [1.29, 1.82) is 0 Å². The van der Waals surface area contributed by atoms with E-state index in [1.165, 1.54) is 0 Å². The molecule has 2 atom stereocenters.